The van der Waals surface area contributed by atoms with Gasteiger partial charge in [-0.2, -0.15) is 0 Å². The molecule has 0 bridgehead atoms. The predicted molar refractivity (Wildman–Crippen MR) is 77.7 cm³/mol. The summed E-state index contributed by atoms with van der Waals surface area (Å²) in [6, 6.07) is 14.0. The molecule has 0 fully saturated rings. The van der Waals surface area contributed by atoms with Crippen LogP contribution in [0.5, 0.6) is 0 Å². The van der Waals surface area contributed by atoms with E-state index < -0.39 is 0 Å². The van der Waals surface area contributed by atoms with Gasteiger partial charge in [0, 0.05) is 16.0 Å². The third-order valence-electron chi connectivity index (χ3n) is 3.05. The lowest BCUT2D eigenvalue weighted by Crippen LogP contribution is -2.14. The van der Waals surface area contributed by atoms with E-state index in [1.54, 1.807) is 24.3 Å². The van der Waals surface area contributed by atoms with Gasteiger partial charge in [-0.05, 0) is 24.1 Å². The molecule has 0 spiro atoms. The molecule has 2 aromatic rings. The molecule has 0 heterocycles. The van der Waals surface area contributed by atoms with Crippen LogP contribution in [0.3, 0.4) is 0 Å². The van der Waals surface area contributed by atoms with Crippen LogP contribution in [0, 0.1) is 11.7 Å². The quantitative estimate of drug-likeness (QED) is 0.749. The fourth-order valence-corrected chi connectivity index (χ4v) is 2.33. The van der Waals surface area contributed by atoms with Gasteiger partial charge in [-0.1, -0.05) is 59.3 Å². The van der Waals surface area contributed by atoms with Crippen LogP contribution in [0.4, 0.5) is 4.39 Å². The minimum Gasteiger partial charge on any atom is -0.294 e. The monoisotopic (exact) mass is 320 g/mol. The second-order valence-electron chi connectivity index (χ2n) is 4.57. The maximum Gasteiger partial charge on any atom is 0.165 e. The summed E-state index contributed by atoms with van der Waals surface area (Å²) in [5, 5.41) is 0. The first-order valence-corrected chi connectivity index (χ1v) is 6.90. The summed E-state index contributed by atoms with van der Waals surface area (Å²) in [6.45, 7) is 1.83. The van der Waals surface area contributed by atoms with Crippen LogP contribution < -0.4 is 0 Å². The average molecular weight is 321 g/mol. The van der Waals surface area contributed by atoms with Crippen molar-refractivity contribution in [2.75, 3.05) is 0 Å². The van der Waals surface area contributed by atoms with E-state index in [-0.39, 0.29) is 17.5 Å². The van der Waals surface area contributed by atoms with Gasteiger partial charge >= 0.3 is 0 Å². The number of hydrogen-bond acceptors (Lipinski definition) is 1. The van der Waals surface area contributed by atoms with Crippen molar-refractivity contribution in [1.29, 1.82) is 0 Å². The number of carbonyl (C=O) groups is 1. The Labute approximate surface area is 120 Å². The molecule has 0 aromatic heterocycles. The Morgan fingerprint density at radius 3 is 2.53 bits per heavy atom. The van der Waals surface area contributed by atoms with Gasteiger partial charge in [0.25, 0.3) is 0 Å². The molecular formula is C16H14BrFO. The van der Waals surface area contributed by atoms with Crippen LogP contribution >= 0.6 is 15.9 Å². The standard InChI is InChI=1S/C16H14BrFO/c1-11(16(19)12-5-3-2-4-6-12)9-13-7-8-14(17)10-15(13)18/h2-8,10-11H,9H2,1H3. The minimum atomic E-state index is -0.276. The highest BCUT2D eigenvalue weighted by molar-refractivity contribution is 9.10. The van der Waals surface area contributed by atoms with Gasteiger partial charge in [0.2, 0.25) is 0 Å². The highest BCUT2D eigenvalue weighted by Crippen LogP contribution is 2.20. The lowest BCUT2D eigenvalue weighted by atomic mass is 9.93. The molecule has 0 aliphatic heterocycles. The van der Waals surface area contributed by atoms with Crippen LogP contribution in [-0.4, -0.2) is 5.78 Å². The number of halogens is 2. The van der Waals surface area contributed by atoms with Crippen LogP contribution in [-0.2, 0) is 6.42 Å². The van der Waals surface area contributed by atoms with Gasteiger partial charge < -0.3 is 0 Å². The molecule has 0 radical (unpaired) electrons. The van der Waals surface area contributed by atoms with Crippen LogP contribution in [0.25, 0.3) is 0 Å². The molecule has 1 unspecified atom stereocenters. The fourth-order valence-electron chi connectivity index (χ4n) is 2.00. The smallest absolute Gasteiger partial charge is 0.165 e. The average Bonchev–Trinajstić information content (AvgIpc) is 2.42. The molecule has 0 aliphatic carbocycles. The van der Waals surface area contributed by atoms with E-state index in [0.29, 0.717) is 22.0 Å². The van der Waals surface area contributed by atoms with Gasteiger partial charge in [0.15, 0.2) is 5.78 Å². The molecule has 3 heteroatoms. The van der Waals surface area contributed by atoms with Gasteiger partial charge in [-0.3, -0.25) is 4.79 Å². The predicted octanol–water partition coefficient (Wildman–Crippen LogP) is 4.65. The maximum atomic E-state index is 13.7. The summed E-state index contributed by atoms with van der Waals surface area (Å²) in [4.78, 5) is 12.2. The first-order chi connectivity index (χ1) is 9.08. The third kappa shape index (κ3) is 3.51. The van der Waals surface area contributed by atoms with Crippen LogP contribution in [0.2, 0.25) is 0 Å². The summed E-state index contributed by atoms with van der Waals surface area (Å²) in [5.74, 6) is -0.469. The van der Waals surface area contributed by atoms with E-state index in [1.165, 1.54) is 6.07 Å². The lowest BCUT2D eigenvalue weighted by Gasteiger charge is -2.11. The Morgan fingerprint density at radius 1 is 1.21 bits per heavy atom. The SMILES string of the molecule is CC(Cc1ccc(Br)cc1F)C(=O)c1ccccc1. The lowest BCUT2D eigenvalue weighted by molar-refractivity contribution is 0.0929. The summed E-state index contributed by atoms with van der Waals surface area (Å²) < 4.78 is 14.4. The Kier molecular flexibility index (Phi) is 4.48. The second kappa shape index (κ2) is 6.11. The molecule has 2 rings (SSSR count). The van der Waals surface area contributed by atoms with Crippen molar-refractivity contribution in [3.8, 4) is 0 Å². The molecule has 0 N–H and O–H groups in total. The number of carbonyl (C=O) groups excluding carboxylic acids is 1. The summed E-state index contributed by atoms with van der Waals surface area (Å²) in [6.07, 6.45) is 0.410. The minimum absolute atomic E-state index is 0.0444. The van der Waals surface area contributed by atoms with Crippen molar-refractivity contribution in [3.05, 3.63) is 69.9 Å². The molecule has 98 valence electrons. The Balaban J connectivity index is 2.13. The van der Waals surface area contributed by atoms with Gasteiger partial charge in [-0.15, -0.1) is 0 Å². The third-order valence-corrected chi connectivity index (χ3v) is 3.54. The van der Waals surface area contributed by atoms with E-state index in [1.807, 2.05) is 25.1 Å². The van der Waals surface area contributed by atoms with Gasteiger partial charge in [0.1, 0.15) is 5.82 Å². The molecule has 1 atom stereocenters. The molecular weight excluding hydrogens is 307 g/mol. The van der Waals surface area contributed by atoms with Crippen molar-refractivity contribution in [1.82, 2.24) is 0 Å². The Hall–Kier alpha value is -1.48. The molecule has 19 heavy (non-hydrogen) atoms. The molecule has 1 nitrogen and oxygen atoms in total. The van der Waals surface area contributed by atoms with E-state index in [0.717, 1.165) is 0 Å². The first kappa shape index (κ1) is 13.9. The number of ketones is 1. The topological polar surface area (TPSA) is 17.1 Å². The molecule has 0 aliphatic rings. The normalized spacial score (nSPS) is 12.2. The molecule has 2 aromatic carbocycles. The van der Waals surface area contributed by atoms with Crippen molar-refractivity contribution in [2.45, 2.75) is 13.3 Å². The van der Waals surface area contributed by atoms with E-state index in [9.17, 15) is 9.18 Å². The molecule has 0 saturated carbocycles. The zero-order valence-corrected chi connectivity index (χ0v) is 12.2. The molecule has 0 saturated heterocycles. The van der Waals surface area contributed by atoms with Crippen LogP contribution in [0.15, 0.2) is 53.0 Å². The fraction of sp³-hybridized carbons (Fsp3) is 0.188. The van der Waals surface area contributed by atoms with E-state index in [4.69, 9.17) is 0 Å². The van der Waals surface area contributed by atoms with Crippen molar-refractivity contribution < 1.29 is 9.18 Å². The van der Waals surface area contributed by atoms with Crippen LogP contribution in [0.1, 0.15) is 22.8 Å². The number of Topliss-reactive ketones (excluding diaryl/α,β-unsaturated/α-hetero) is 1. The molecule has 0 amide bonds. The Morgan fingerprint density at radius 2 is 1.89 bits per heavy atom. The number of benzene rings is 2. The summed E-state index contributed by atoms with van der Waals surface area (Å²) in [5.41, 5.74) is 1.24. The van der Waals surface area contributed by atoms with Gasteiger partial charge in [0.05, 0.1) is 0 Å². The zero-order chi connectivity index (χ0) is 13.8. The highest BCUT2D eigenvalue weighted by atomic mass is 79.9. The number of hydrogen-bond donors (Lipinski definition) is 0. The highest BCUT2D eigenvalue weighted by Gasteiger charge is 2.17. The first-order valence-electron chi connectivity index (χ1n) is 6.11. The largest absolute Gasteiger partial charge is 0.294 e. The second-order valence-corrected chi connectivity index (χ2v) is 5.49. The zero-order valence-electron chi connectivity index (χ0n) is 10.6. The summed E-state index contributed by atoms with van der Waals surface area (Å²) in [7, 11) is 0. The van der Waals surface area contributed by atoms with Crippen molar-refractivity contribution >= 4 is 21.7 Å². The summed E-state index contributed by atoms with van der Waals surface area (Å²) >= 11 is 3.22. The van der Waals surface area contributed by atoms with Gasteiger partial charge in [-0.25, -0.2) is 4.39 Å². The Bertz CT molecular complexity index is 581. The maximum absolute atomic E-state index is 13.7. The van der Waals surface area contributed by atoms with E-state index in [2.05, 4.69) is 15.9 Å². The van der Waals surface area contributed by atoms with Crippen molar-refractivity contribution in [2.24, 2.45) is 5.92 Å². The van der Waals surface area contributed by atoms with E-state index >= 15 is 0 Å². The number of rotatable bonds is 4. The van der Waals surface area contributed by atoms with Crippen molar-refractivity contribution in [3.63, 3.8) is 0 Å².